The molecule has 0 saturated carbocycles. The second-order valence-corrected chi connectivity index (χ2v) is 8.01. The highest BCUT2D eigenvalue weighted by atomic mass is 32.2. The molecule has 11 heteroatoms. The summed E-state index contributed by atoms with van der Waals surface area (Å²) in [5.74, 6) is -2.31. The fourth-order valence-corrected chi connectivity index (χ4v) is 3.02. The summed E-state index contributed by atoms with van der Waals surface area (Å²) in [4.78, 5) is 16.1. The fourth-order valence-electron chi connectivity index (χ4n) is 2.45. The smallest absolute Gasteiger partial charge is 0.244 e. The van der Waals surface area contributed by atoms with Crippen molar-refractivity contribution in [2.45, 2.75) is 20.1 Å². The molecule has 0 unspecified atom stereocenters. The molecule has 0 aliphatic carbocycles. The fraction of sp³-hybridized carbons (Fsp3) is 0.263. The molecule has 7 nitrogen and oxygen atoms in total. The van der Waals surface area contributed by atoms with Crippen molar-refractivity contribution in [1.82, 2.24) is 10.3 Å². The van der Waals surface area contributed by atoms with Gasteiger partial charge in [-0.1, -0.05) is 0 Å². The molecule has 3 N–H and O–H groups in total. The number of hydrogen-bond acceptors (Lipinski definition) is 5. The first-order valence-corrected chi connectivity index (χ1v) is 10.7. The molecule has 0 aliphatic rings. The lowest BCUT2D eigenvalue weighted by Gasteiger charge is -2.10. The number of rotatable bonds is 9. The molecular weight excluding hydrogens is 421 g/mol. The van der Waals surface area contributed by atoms with Gasteiger partial charge in [0.1, 0.15) is 18.2 Å². The Labute approximate surface area is 172 Å². The van der Waals surface area contributed by atoms with E-state index in [1.807, 2.05) is 6.92 Å². The minimum atomic E-state index is -3.85. The third-order valence-electron chi connectivity index (χ3n) is 3.74. The molecule has 0 atom stereocenters. The van der Waals surface area contributed by atoms with Crippen LogP contribution in [0.25, 0.3) is 6.08 Å². The van der Waals surface area contributed by atoms with Crippen LogP contribution in [0, 0.1) is 11.6 Å². The predicted octanol–water partition coefficient (Wildman–Crippen LogP) is 2.96. The van der Waals surface area contributed by atoms with Gasteiger partial charge in [-0.3, -0.25) is 9.52 Å². The molecule has 0 fully saturated rings. The molecule has 1 heterocycles. The highest BCUT2D eigenvalue weighted by Gasteiger charge is 2.15. The monoisotopic (exact) mass is 442 g/mol. The van der Waals surface area contributed by atoms with Crippen LogP contribution in [0.5, 0.6) is 0 Å². The minimum Gasteiger partial charge on any atom is -0.370 e. The number of nitrogens with zero attached hydrogens (tertiary/aromatic N) is 1. The van der Waals surface area contributed by atoms with Crippen molar-refractivity contribution in [3.8, 4) is 0 Å². The third kappa shape index (κ3) is 6.76. The SMILES string of the molecule is CCNc1nc(CF)ccc1/C=C/C(=O)NCc1cc(F)c(NS(C)(=O)=O)c(F)c1. The maximum atomic E-state index is 14.0. The van der Waals surface area contributed by atoms with Crippen LogP contribution in [0.3, 0.4) is 0 Å². The van der Waals surface area contributed by atoms with E-state index in [4.69, 9.17) is 0 Å². The van der Waals surface area contributed by atoms with Gasteiger partial charge in [0.05, 0.1) is 11.9 Å². The van der Waals surface area contributed by atoms with E-state index >= 15 is 0 Å². The largest absolute Gasteiger partial charge is 0.370 e. The van der Waals surface area contributed by atoms with Crippen LogP contribution in [-0.2, 0) is 28.0 Å². The summed E-state index contributed by atoms with van der Waals surface area (Å²) in [6.07, 6.45) is 3.45. The molecular formula is C19H21F3N4O3S. The van der Waals surface area contributed by atoms with Crippen LogP contribution in [0.2, 0.25) is 0 Å². The summed E-state index contributed by atoms with van der Waals surface area (Å²) in [6.45, 7) is 1.50. The number of alkyl halides is 1. The lowest BCUT2D eigenvalue weighted by molar-refractivity contribution is -0.116. The zero-order chi connectivity index (χ0) is 22.3. The lowest BCUT2D eigenvalue weighted by Crippen LogP contribution is -2.21. The van der Waals surface area contributed by atoms with E-state index in [-0.39, 0.29) is 17.8 Å². The van der Waals surface area contributed by atoms with E-state index < -0.39 is 39.9 Å². The highest BCUT2D eigenvalue weighted by molar-refractivity contribution is 7.92. The number of anilines is 2. The summed E-state index contributed by atoms with van der Waals surface area (Å²) in [5.41, 5.74) is 0.142. The molecule has 0 bridgehead atoms. The minimum absolute atomic E-state index is 0.105. The van der Waals surface area contributed by atoms with Crippen LogP contribution < -0.4 is 15.4 Å². The van der Waals surface area contributed by atoms with E-state index in [0.717, 1.165) is 18.4 Å². The maximum Gasteiger partial charge on any atom is 0.244 e. The molecule has 2 aromatic rings. The van der Waals surface area contributed by atoms with Crippen molar-refractivity contribution < 1.29 is 26.4 Å². The summed E-state index contributed by atoms with van der Waals surface area (Å²) < 4.78 is 64.8. The van der Waals surface area contributed by atoms with Crippen LogP contribution in [0.15, 0.2) is 30.3 Å². The molecule has 0 radical (unpaired) electrons. The quantitative estimate of drug-likeness (QED) is 0.519. The summed E-state index contributed by atoms with van der Waals surface area (Å²) in [6, 6.07) is 4.95. The number of halogens is 3. The Morgan fingerprint density at radius 2 is 1.87 bits per heavy atom. The molecule has 2 rings (SSSR count). The van der Waals surface area contributed by atoms with Crippen molar-refractivity contribution >= 4 is 33.5 Å². The molecule has 0 aliphatic heterocycles. The molecule has 0 saturated heterocycles. The zero-order valence-corrected chi connectivity index (χ0v) is 17.1. The normalized spacial score (nSPS) is 11.5. The number of benzene rings is 1. The number of amides is 1. The average molecular weight is 442 g/mol. The molecule has 1 amide bonds. The van der Waals surface area contributed by atoms with E-state index in [1.54, 1.807) is 10.8 Å². The second kappa shape index (κ2) is 10.1. The maximum absolute atomic E-state index is 14.0. The van der Waals surface area contributed by atoms with Crippen molar-refractivity contribution in [2.75, 3.05) is 22.8 Å². The van der Waals surface area contributed by atoms with Crippen LogP contribution in [0.4, 0.5) is 24.7 Å². The van der Waals surface area contributed by atoms with Gasteiger partial charge >= 0.3 is 0 Å². The second-order valence-electron chi connectivity index (χ2n) is 6.26. The van der Waals surface area contributed by atoms with Gasteiger partial charge in [0.2, 0.25) is 15.9 Å². The van der Waals surface area contributed by atoms with Gasteiger partial charge in [-0.15, -0.1) is 0 Å². The van der Waals surface area contributed by atoms with Crippen LogP contribution in [-0.4, -0.2) is 32.1 Å². The predicted molar refractivity (Wildman–Crippen MR) is 109 cm³/mol. The van der Waals surface area contributed by atoms with Gasteiger partial charge in [0.25, 0.3) is 0 Å². The Hall–Kier alpha value is -3.08. The Kier molecular flexibility index (Phi) is 7.81. The summed E-state index contributed by atoms with van der Waals surface area (Å²) in [5, 5.41) is 5.44. The zero-order valence-electron chi connectivity index (χ0n) is 16.3. The first-order chi connectivity index (χ1) is 14.1. The number of hydrogen-bond donors (Lipinski definition) is 3. The van der Waals surface area contributed by atoms with E-state index in [9.17, 15) is 26.4 Å². The van der Waals surface area contributed by atoms with Crippen molar-refractivity contribution in [2.24, 2.45) is 0 Å². The first kappa shape index (κ1) is 23.2. The topological polar surface area (TPSA) is 100 Å². The number of carbonyl (C=O) groups excluding carboxylic acids is 1. The van der Waals surface area contributed by atoms with E-state index in [1.165, 1.54) is 18.2 Å². The number of sulfonamides is 1. The average Bonchev–Trinajstić information content (AvgIpc) is 2.67. The molecule has 1 aromatic heterocycles. The van der Waals surface area contributed by atoms with E-state index in [2.05, 4.69) is 15.6 Å². The Balaban J connectivity index is 2.06. The summed E-state index contributed by atoms with van der Waals surface area (Å²) in [7, 11) is -3.85. The Morgan fingerprint density at radius 3 is 2.43 bits per heavy atom. The molecule has 162 valence electrons. The highest BCUT2D eigenvalue weighted by Crippen LogP contribution is 2.22. The van der Waals surface area contributed by atoms with Gasteiger partial charge in [0, 0.05) is 24.7 Å². The Morgan fingerprint density at radius 1 is 1.20 bits per heavy atom. The van der Waals surface area contributed by atoms with Gasteiger partial charge in [-0.25, -0.2) is 26.6 Å². The van der Waals surface area contributed by atoms with Gasteiger partial charge in [-0.05, 0) is 42.8 Å². The Bertz CT molecular complexity index is 1040. The van der Waals surface area contributed by atoms with Crippen molar-refractivity contribution in [3.63, 3.8) is 0 Å². The standard InChI is InChI=1S/C19H21F3N4O3S/c1-3-23-19-13(4-6-14(10-20)25-19)5-7-17(27)24-11-12-8-15(21)18(16(22)9-12)26-30(2,28)29/h4-9,26H,3,10-11H2,1-2H3,(H,23,25)(H,24,27)/b7-5+. The lowest BCUT2D eigenvalue weighted by atomic mass is 10.2. The van der Waals surface area contributed by atoms with Crippen molar-refractivity contribution in [3.05, 3.63) is 58.8 Å². The number of nitrogens with one attached hydrogen (secondary N) is 3. The van der Waals surface area contributed by atoms with E-state index in [0.29, 0.717) is 17.9 Å². The molecule has 0 spiro atoms. The van der Waals surface area contributed by atoms with Crippen LogP contribution >= 0.6 is 0 Å². The van der Waals surface area contributed by atoms with Gasteiger partial charge in [0.15, 0.2) is 11.6 Å². The number of carbonyl (C=O) groups is 1. The first-order valence-electron chi connectivity index (χ1n) is 8.84. The van der Waals surface area contributed by atoms with Crippen LogP contribution in [0.1, 0.15) is 23.7 Å². The third-order valence-corrected chi connectivity index (χ3v) is 4.31. The van der Waals surface area contributed by atoms with Gasteiger partial charge < -0.3 is 10.6 Å². The number of pyridine rings is 1. The molecule has 1 aromatic carbocycles. The van der Waals surface area contributed by atoms with Crippen molar-refractivity contribution in [1.29, 1.82) is 0 Å². The van der Waals surface area contributed by atoms with Gasteiger partial charge in [-0.2, -0.15) is 0 Å². The number of aromatic nitrogens is 1. The summed E-state index contributed by atoms with van der Waals surface area (Å²) >= 11 is 0. The molecule has 30 heavy (non-hydrogen) atoms.